The Balaban J connectivity index is 2.21. The molecule has 1 fully saturated rings. The summed E-state index contributed by atoms with van der Waals surface area (Å²) in [5.74, 6) is 0.116. The van der Waals surface area contributed by atoms with Gasteiger partial charge in [-0.3, -0.25) is 4.79 Å². The number of nitrogens with two attached hydrogens (primary N) is 2. The van der Waals surface area contributed by atoms with Crippen LogP contribution in [0.2, 0.25) is 0 Å². The van der Waals surface area contributed by atoms with Gasteiger partial charge >= 0.3 is 0 Å². The largest absolute Gasteiger partial charge is 0.397 e. The molecule has 1 aliphatic rings. The molecule has 2 rings (SSSR count). The number of hydrogen-bond acceptors (Lipinski definition) is 5. The Morgan fingerprint density at radius 2 is 2.17 bits per heavy atom. The van der Waals surface area contributed by atoms with E-state index in [1.165, 1.54) is 0 Å². The molecular formula is C12H18N4O2. The van der Waals surface area contributed by atoms with E-state index in [-0.39, 0.29) is 6.10 Å². The summed E-state index contributed by atoms with van der Waals surface area (Å²) < 4.78 is 5.31. The first-order chi connectivity index (χ1) is 8.61. The van der Waals surface area contributed by atoms with Crippen LogP contribution in [-0.2, 0) is 4.74 Å². The molecule has 1 aromatic heterocycles. The molecule has 1 saturated heterocycles. The maximum Gasteiger partial charge on any atom is 0.252 e. The third-order valence-electron chi connectivity index (χ3n) is 3.23. The van der Waals surface area contributed by atoms with Gasteiger partial charge in [0.2, 0.25) is 0 Å². The Morgan fingerprint density at radius 3 is 2.72 bits per heavy atom. The van der Waals surface area contributed by atoms with Gasteiger partial charge in [0, 0.05) is 20.2 Å². The van der Waals surface area contributed by atoms with Crippen molar-refractivity contribution in [3.63, 3.8) is 0 Å². The summed E-state index contributed by atoms with van der Waals surface area (Å²) in [6, 6.07) is 1.58. The average Bonchev–Trinajstić information content (AvgIpc) is 2.39. The fourth-order valence-corrected chi connectivity index (χ4v) is 2.21. The van der Waals surface area contributed by atoms with E-state index in [2.05, 4.69) is 9.88 Å². The van der Waals surface area contributed by atoms with E-state index in [0.717, 1.165) is 25.9 Å². The van der Waals surface area contributed by atoms with Crippen molar-refractivity contribution >= 4 is 17.4 Å². The van der Waals surface area contributed by atoms with Crippen LogP contribution in [0.3, 0.4) is 0 Å². The highest BCUT2D eigenvalue weighted by Gasteiger charge is 2.23. The molecule has 0 spiro atoms. The van der Waals surface area contributed by atoms with E-state index in [1.807, 2.05) is 0 Å². The van der Waals surface area contributed by atoms with Crippen molar-refractivity contribution in [2.24, 2.45) is 5.73 Å². The van der Waals surface area contributed by atoms with Crippen molar-refractivity contribution in [2.75, 3.05) is 30.8 Å². The fourth-order valence-electron chi connectivity index (χ4n) is 2.21. The Hall–Kier alpha value is -1.82. The molecule has 1 aromatic rings. The summed E-state index contributed by atoms with van der Waals surface area (Å²) in [5.41, 5.74) is 11.8. The Labute approximate surface area is 106 Å². The van der Waals surface area contributed by atoms with Crippen LogP contribution in [0.15, 0.2) is 12.3 Å². The number of nitrogen functional groups attached to an aromatic ring is 1. The summed E-state index contributed by atoms with van der Waals surface area (Å²) in [4.78, 5) is 17.7. The zero-order valence-corrected chi connectivity index (χ0v) is 10.4. The lowest BCUT2D eigenvalue weighted by atomic mass is 10.1. The van der Waals surface area contributed by atoms with E-state index in [4.69, 9.17) is 16.2 Å². The van der Waals surface area contributed by atoms with Crippen molar-refractivity contribution in [3.8, 4) is 0 Å². The molecule has 6 nitrogen and oxygen atoms in total. The number of anilines is 2. The Kier molecular flexibility index (Phi) is 3.66. The topological polar surface area (TPSA) is 94.5 Å². The maximum atomic E-state index is 11.4. The first-order valence-electron chi connectivity index (χ1n) is 5.95. The number of ether oxygens (including phenoxy) is 1. The minimum Gasteiger partial charge on any atom is -0.397 e. The number of carbonyl (C=O) groups is 1. The summed E-state index contributed by atoms with van der Waals surface area (Å²) in [6.45, 7) is 1.60. The quantitative estimate of drug-likeness (QED) is 0.808. The highest BCUT2D eigenvalue weighted by Crippen LogP contribution is 2.24. The molecule has 1 amide bonds. The van der Waals surface area contributed by atoms with Gasteiger partial charge in [-0.2, -0.15) is 0 Å². The van der Waals surface area contributed by atoms with Crippen LogP contribution in [0.25, 0.3) is 0 Å². The fraction of sp³-hybridized carbons (Fsp3) is 0.500. The number of methoxy groups -OCH3 is 1. The molecule has 0 unspecified atom stereocenters. The van der Waals surface area contributed by atoms with Crippen molar-refractivity contribution in [1.29, 1.82) is 0 Å². The van der Waals surface area contributed by atoms with Gasteiger partial charge in [-0.05, 0) is 18.9 Å². The van der Waals surface area contributed by atoms with Crippen LogP contribution in [0.4, 0.5) is 11.5 Å². The zero-order valence-electron chi connectivity index (χ0n) is 10.4. The summed E-state index contributed by atoms with van der Waals surface area (Å²) in [7, 11) is 1.72. The number of aromatic nitrogens is 1. The molecule has 0 aromatic carbocycles. The highest BCUT2D eigenvalue weighted by molar-refractivity contribution is 5.98. The molecule has 98 valence electrons. The third kappa shape index (κ3) is 2.53. The normalized spacial score (nSPS) is 16.8. The van der Waals surface area contributed by atoms with Crippen LogP contribution < -0.4 is 16.4 Å². The van der Waals surface area contributed by atoms with E-state index >= 15 is 0 Å². The number of pyridine rings is 1. The predicted octanol–water partition coefficient (Wildman–Crippen LogP) is 0.378. The van der Waals surface area contributed by atoms with Gasteiger partial charge in [0.25, 0.3) is 5.91 Å². The molecular weight excluding hydrogens is 232 g/mol. The predicted molar refractivity (Wildman–Crippen MR) is 69.4 cm³/mol. The molecule has 1 aliphatic heterocycles. The van der Waals surface area contributed by atoms with Gasteiger partial charge in [-0.15, -0.1) is 0 Å². The second-order valence-corrected chi connectivity index (χ2v) is 4.43. The molecule has 2 heterocycles. The summed E-state index contributed by atoms with van der Waals surface area (Å²) in [6.07, 6.45) is 3.66. The van der Waals surface area contributed by atoms with E-state index in [9.17, 15) is 4.79 Å². The molecule has 0 atom stereocenters. The smallest absolute Gasteiger partial charge is 0.252 e. The van der Waals surface area contributed by atoms with Crippen LogP contribution in [-0.4, -0.2) is 37.2 Å². The van der Waals surface area contributed by atoms with Crippen molar-refractivity contribution in [2.45, 2.75) is 18.9 Å². The van der Waals surface area contributed by atoms with Crippen LogP contribution in [0, 0.1) is 0 Å². The number of primary amides is 1. The van der Waals surface area contributed by atoms with E-state index in [1.54, 1.807) is 19.4 Å². The first-order valence-corrected chi connectivity index (χ1v) is 5.95. The lowest BCUT2D eigenvalue weighted by molar-refractivity contribution is 0.0817. The number of piperidine rings is 1. The Bertz CT molecular complexity index is 442. The van der Waals surface area contributed by atoms with E-state index < -0.39 is 5.91 Å². The standard InChI is InChI=1S/C12H18N4O2/c1-18-9-2-4-16(5-3-9)12-10(11(14)17)6-8(13)7-15-12/h6-7,9H,2-5,13H2,1H3,(H2,14,17). The number of carbonyl (C=O) groups excluding carboxylic acids is 1. The SMILES string of the molecule is COC1CCN(c2ncc(N)cc2C(N)=O)CC1. The molecule has 0 saturated carbocycles. The number of hydrogen-bond donors (Lipinski definition) is 2. The van der Waals surface area contributed by atoms with Gasteiger partial charge in [-0.25, -0.2) is 4.98 Å². The zero-order chi connectivity index (χ0) is 13.1. The van der Waals surface area contributed by atoms with Gasteiger partial charge in [0.1, 0.15) is 5.82 Å². The average molecular weight is 250 g/mol. The second kappa shape index (κ2) is 5.22. The number of rotatable bonds is 3. The number of amides is 1. The molecule has 0 radical (unpaired) electrons. The Morgan fingerprint density at radius 1 is 1.50 bits per heavy atom. The maximum absolute atomic E-state index is 11.4. The summed E-state index contributed by atoms with van der Waals surface area (Å²) >= 11 is 0. The van der Waals surface area contributed by atoms with Gasteiger partial charge in [-0.1, -0.05) is 0 Å². The van der Waals surface area contributed by atoms with Crippen molar-refractivity contribution in [3.05, 3.63) is 17.8 Å². The number of nitrogens with zero attached hydrogens (tertiary/aromatic N) is 2. The van der Waals surface area contributed by atoms with Gasteiger partial charge in [0.15, 0.2) is 0 Å². The minimum absolute atomic E-state index is 0.284. The van der Waals surface area contributed by atoms with Gasteiger partial charge < -0.3 is 21.1 Å². The third-order valence-corrected chi connectivity index (χ3v) is 3.23. The van der Waals surface area contributed by atoms with Crippen molar-refractivity contribution in [1.82, 2.24) is 4.98 Å². The highest BCUT2D eigenvalue weighted by atomic mass is 16.5. The first kappa shape index (κ1) is 12.6. The molecule has 0 aliphatic carbocycles. The molecule has 0 bridgehead atoms. The minimum atomic E-state index is -0.501. The molecule has 18 heavy (non-hydrogen) atoms. The van der Waals surface area contributed by atoms with Gasteiger partial charge in [0.05, 0.1) is 23.6 Å². The monoisotopic (exact) mass is 250 g/mol. The summed E-state index contributed by atoms with van der Waals surface area (Å²) in [5, 5.41) is 0. The van der Waals surface area contributed by atoms with Crippen molar-refractivity contribution < 1.29 is 9.53 Å². The molecule has 6 heteroatoms. The molecule has 4 N–H and O–H groups in total. The van der Waals surface area contributed by atoms with Crippen LogP contribution in [0.1, 0.15) is 23.2 Å². The second-order valence-electron chi connectivity index (χ2n) is 4.43. The van der Waals surface area contributed by atoms with E-state index in [0.29, 0.717) is 17.1 Å². The lowest BCUT2D eigenvalue weighted by Crippen LogP contribution is -2.38. The van der Waals surface area contributed by atoms with Crippen LogP contribution in [0.5, 0.6) is 0 Å². The van der Waals surface area contributed by atoms with Crippen LogP contribution >= 0.6 is 0 Å². The lowest BCUT2D eigenvalue weighted by Gasteiger charge is -2.32.